The van der Waals surface area contributed by atoms with Crippen LogP contribution in [0.15, 0.2) is 115 Å². The molecule has 27 heteroatoms. The van der Waals surface area contributed by atoms with Crippen LogP contribution in [0.1, 0.15) is 149 Å². The van der Waals surface area contributed by atoms with E-state index < -0.39 is 153 Å². The van der Waals surface area contributed by atoms with Crippen molar-refractivity contribution >= 4 is 117 Å². The summed E-state index contributed by atoms with van der Waals surface area (Å²) in [7, 11) is 1.21. The van der Waals surface area contributed by atoms with Crippen molar-refractivity contribution in [1.82, 2.24) is 42.5 Å². The van der Waals surface area contributed by atoms with Crippen LogP contribution in [0, 0.1) is 23.7 Å². The molecule has 4 aromatic carbocycles. The normalized spacial score (nSPS) is 25.2. The Labute approximate surface area is 599 Å². The van der Waals surface area contributed by atoms with Crippen molar-refractivity contribution in [1.29, 1.82) is 0 Å². The van der Waals surface area contributed by atoms with Crippen LogP contribution < -0.4 is 42.5 Å². The van der Waals surface area contributed by atoms with Gasteiger partial charge in [-0.05, 0) is 115 Å². The summed E-state index contributed by atoms with van der Waals surface area (Å²) in [6.45, 7) is 18.8. The van der Waals surface area contributed by atoms with Gasteiger partial charge in [-0.25, -0.2) is 9.59 Å². The molecule has 526 valence electrons. The number of esters is 1. The van der Waals surface area contributed by atoms with Crippen LogP contribution in [0.25, 0.3) is 0 Å². The molecule has 4 aliphatic rings. The van der Waals surface area contributed by atoms with Crippen LogP contribution in [0.4, 0.5) is 4.79 Å². The fourth-order valence-corrected chi connectivity index (χ4v) is 13.9. The molecule has 8 amide bonds. The largest absolute Gasteiger partial charge is 0.467 e. The van der Waals surface area contributed by atoms with Gasteiger partial charge in [0.1, 0.15) is 54.2 Å². The molecule has 23 nitrogen and oxygen atoms in total. The van der Waals surface area contributed by atoms with E-state index in [1.807, 2.05) is 0 Å². The minimum atomic E-state index is -1.99. The van der Waals surface area contributed by atoms with Gasteiger partial charge in [-0.1, -0.05) is 168 Å². The standard InChI is InChI=1S/C70H88Br4N8O15/c1-37(2)49(75-62(88)68(30-34-94-54(68)42-15-23-46(72)24-16-42)80-59(85)51(39(5)6)77-64(90)70(82-65(91)97-66(9,10)11)32-36-96-56(70)44-19-27-48(74)28-20-44)57(83)79-67(29-33-93-53(67)41-13-21-45(71)22-14-41)61(87)76-50(38(3)4)58(84)81-69(63(89)78-52(40(7)8)60(86)92-12)31-35-95-55(69)43-17-25-47(73)26-18-43/h13-28,37-40,49-56H,29-36H2,1-12H3,(H,75,88)(H,76,87)(H,77,90)(H,78,89)(H,79,83)(H,80,85)(H,81,84)(H,82,91)/t49-,50-,51-,52-,53-,54-,55-,56+,67+,68+,69+,70-/m1/s1. The number of hydrogen-bond acceptors (Lipinski definition) is 15. The lowest BCUT2D eigenvalue weighted by Gasteiger charge is -2.40. The fourth-order valence-electron chi connectivity index (χ4n) is 12.9. The lowest BCUT2D eigenvalue weighted by atomic mass is 9.83. The molecule has 0 saturated carbocycles. The topological polar surface area (TPSA) is 305 Å². The predicted molar refractivity (Wildman–Crippen MR) is 374 cm³/mol. The molecule has 4 heterocycles. The summed E-state index contributed by atoms with van der Waals surface area (Å²) in [4.78, 5) is 135. The van der Waals surface area contributed by atoms with Gasteiger partial charge in [0.25, 0.3) is 0 Å². The number of halogens is 4. The van der Waals surface area contributed by atoms with E-state index in [1.165, 1.54) is 7.11 Å². The molecule has 0 bridgehead atoms. The van der Waals surface area contributed by atoms with Crippen molar-refractivity contribution in [3.63, 3.8) is 0 Å². The first kappa shape index (κ1) is 76.4. The molecule has 0 aromatic heterocycles. The summed E-state index contributed by atoms with van der Waals surface area (Å²) < 4.78 is 39.0. The molecule has 12 atom stereocenters. The lowest BCUT2D eigenvalue weighted by molar-refractivity contribution is -0.148. The average molecular weight is 1600 g/mol. The van der Waals surface area contributed by atoms with E-state index in [0.717, 1.165) is 8.95 Å². The number of carbonyl (C=O) groups is 9. The first-order valence-corrected chi connectivity index (χ1v) is 35.7. The molecule has 4 saturated heterocycles. The number of ether oxygens (including phenoxy) is 6. The second-order valence-electron chi connectivity index (χ2n) is 27.5. The molecule has 8 N–H and O–H groups in total. The number of hydrogen-bond donors (Lipinski definition) is 8. The Hall–Kier alpha value is -6.33. The molecule has 4 aliphatic heterocycles. The first-order valence-electron chi connectivity index (χ1n) is 32.5. The Kier molecular flexibility index (Phi) is 25.1. The molecular formula is C70H88Br4N8O15. The molecule has 4 fully saturated rings. The molecule has 4 aromatic rings. The zero-order valence-corrected chi connectivity index (χ0v) is 62.8. The maximum Gasteiger partial charge on any atom is 0.408 e. The zero-order chi connectivity index (χ0) is 71.1. The highest BCUT2D eigenvalue weighted by Crippen LogP contribution is 2.44. The summed E-state index contributed by atoms with van der Waals surface area (Å²) in [6, 6.07) is 22.7. The Morgan fingerprint density at radius 3 is 0.835 bits per heavy atom. The van der Waals surface area contributed by atoms with Gasteiger partial charge >= 0.3 is 12.1 Å². The fraction of sp³-hybridized carbons (Fsp3) is 0.529. The molecule has 0 unspecified atom stereocenters. The molecule has 8 rings (SSSR count). The van der Waals surface area contributed by atoms with E-state index in [-0.39, 0.29) is 52.1 Å². The third-order valence-corrected chi connectivity index (χ3v) is 20.2. The van der Waals surface area contributed by atoms with Gasteiger partial charge in [0.15, 0.2) is 22.2 Å². The molecule has 0 radical (unpaired) electrons. The quantitative estimate of drug-likeness (QED) is 0.0303. The Balaban J connectivity index is 1.13. The van der Waals surface area contributed by atoms with Crippen molar-refractivity contribution in [2.24, 2.45) is 23.7 Å². The van der Waals surface area contributed by atoms with Crippen LogP contribution in [-0.2, 0) is 66.8 Å². The lowest BCUT2D eigenvalue weighted by Crippen LogP contribution is -2.70. The number of nitrogens with one attached hydrogen (secondary N) is 8. The summed E-state index contributed by atoms with van der Waals surface area (Å²) in [5.41, 5.74) is -6.48. The van der Waals surface area contributed by atoms with Gasteiger partial charge in [-0.15, -0.1) is 0 Å². The van der Waals surface area contributed by atoms with Gasteiger partial charge < -0.3 is 71.0 Å². The predicted octanol–water partition coefficient (Wildman–Crippen LogP) is 9.25. The maximum atomic E-state index is 15.9. The van der Waals surface area contributed by atoms with E-state index in [9.17, 15) is 14.4 Å². The zero-order valence-electron chi connectivity index (χ0n) is 56.5. The van der Waals surface area contributed by atoms with Crippen LogP contribution in [0.3, 0.4) is 0 Å². The van der Waals surface area contributed by atoms with E-state index in [1.54, 1.807) is 173 Å². The third kappa shape index (κ3) is 17.1. The van der Waals surface area contributed by atoms with Crippen molar-refractivity contribution in [3.8, 4) is 0 Å². The number of methoxy groups -OCH3 is 1. The van der Waals surface area contributed by atoms with E-state index >= 15 is 28.8 Å². The van der Waals surface area contributed by atoms with Gasteiger partial charge in [0.05, 0.1) is 33.5 Å². The third-order valence-electron chi connectivity index (χ3n) is 18.1. The minimum absolute atomic E-state index is 0.00698. The van der Waals surface area contributed by atoms with Gasteiger partial charge in [-0.3, -0.25) is 33.6 Å². The van der Waals surface area contributed by atoms with Crippen LogP contribution >= 0.6 is 63.7 Å². The highest BCUT2D eigenvalue weighted by atomic mass is 79.9. The van der Waals surface area contributed by atoms with Crippen LogP contribution in [-0.4, -0.2) is 139 Å². The van der Waals surface area contributed by atoms with Gasteiger partial charge in [0.2, 0.25) is 41.4 Å². The number of amides is 8. The van der Waals surface area contributed by atoms with Gasteiger partial charge in [0, 0.05) is 43.6 Å². The summed E-state index contributed by atoms with van der Waals surface area (Å²) in [6.07, 6.45) is -5.64. The van der Waals surface area contributed by atoms with E-state index in [0.29, 0.717) is 31.2 Å². The van der Waals surface area contributed by atoms with Gasteiger partial charge in [-0.2, -0.15) is 0 Å². The second kappa shape index (κ2) is 31.9. The van der Waals surface area contributed by atoms with Crippen molar-refractivity contribution < 1.29 is 71.6 Å². The van der Waals surface area contributed by atoms with E-state index in [2.05, 4.69) is 106 Å². The molecule has 97 heavy (non-hydrogen) atoms. The smallest absolute Gasteiger partial charge is 0.408 e. The number of benzene rings is 4. The summed E-state index contributed by atoms with van der Waals surface area (Å²) in [5, 5.41) is 23.6. The maximum absolute atomic E-state index is 15.9. The average Bonchev–Trinajstić information content (AvgIpc) is 1.71. The number of alkyl carbamates (subject to hydrolysis) is 1. The summed E-state index contributed by atoms with van der Waals surface area (Å²) >= 11 is 13.9. The highest BCUT2D eigenvalue weighted by Gasteiger charge is 2.59. The second-order valence-corrected chi connectivity index (χ2v) is 31.2. The minimum Gasteiger partial charge on any atom is -0.467 e. The Bertz CT molecular complexity index is 3520. The van der Waals surface area contributed by atoms with Crippen molar-refractivity contribution in [3.05, 3.63) is 137 Å². The van der Waals surface area contributed by atoms with E-state index in [4.69, 9.17) is 28.4 Å². The Morgan fingerprint density at radius 1 is 0.392 bits per heavy atom. The number of carbonyl (C=O) groups excluding carboxylic acids is 9. The van der Waals surface area contributed by atoms with Crippen LogP contribution in [0.5, 0.6) is 0 Å². The van der Waals surface area contributed by atoms with Crippen molar-refractivity contribution in [2.45, 2.75) is 178 Å². The Morgan fingerprint density at radius 2 is 0.619 bits per heavy atom. The first-order chi connectivity index (χ1) is 45.7. The highest BCUT2D eigenvalue weighted by molar-refractivity contribution is 9.11. The molecular weight excluding hydrogens is 1510 g/mol. The molecule has 0 aliphatic carbocycles. The molecule has 0 spiro atoms. The SMILES string of the molecule is COC(=O)[C@H](NC(=O)[C@]1(NC(=O)[C@H](NC(=O)[C@]2(NC(=O)[C@H](NC(=O)[C@]3(NC(=O)[C@H](NC(=O)[C@@]4(NC(=O)OC(C)(C)C)CCO[C@H]4c4ccc(Br)cc4)C(C)C)CCO[C@@H]3c3ccc(Br)cc3)C(C)C)CCO[C@@H]2c2ccc(Br)cc2)C(C)C)CCO[C@@H]1c1ccc(Br)cc1)C(C)C. The van der Waals surface area contributed by atoms with Crippen molar-refractivity contribution in [2.75, 3.05) is 33.5 Å². The monoisotopic (exact) mass is 1600 g/mol. The summed E-state index contributed by atoms with van der Waals surface area (Å²) in [5.74, 6) is -8.68. The number of rotatable bonds is 24. The van der Waals surface area contributed by atoms with Crippen LogP contribution in [0.2, 0.25) is 0 Å².